The lowest BCUT2D eigenvalue weighted by atomic mass is 9.98. The van der Waals surface area contributed by atoms with Gasteiger partial charge in [-0.2, -0.15) is 4.31 Å². The quantitative estimate of drug-likeness (QED) is 0.680. The first-order valence-electron chi connectivity index (χ1n) is 10.0. The molecular weight excluding hydrogens is 457 g/mol. The van der Waals surface area contributed by atoms with Gasteiger partial charge in [0.2, 0.25) is 26.0 Å². The molecule has 1 heterocycles. The zero-order valence-electron chi connectivity index (χ0n) is 18.1. The lowest BCUT2D eigenvalue weighted by Crippen LogP contribution is -2.43. The van der Waals surface area contributed by atoms with Gasteiger partial charge < -0.3 is 5.32 Å². The molecule has 1 aliphatic heterocycles. The number of hydrogen-bond acceptors (Lipinski definition) is 5. The molecule has 1 fully saturated rings. The maximum Gasteiger partial charge on any atom is 0.243 e. The van der Waals surface area contributed by atoms with E-state index in [0.717, 1.165) is 16.4 Å². The van der Waals surface area contributed by atoms with Gasteiger partial charge in [0.1, 0.15) is 5.82 Å². The molecule has 0 radical (unpaired) electrons. The summed E-state index contributed by atoms with van der Waals surface area (Å²) in [6, 6.07) is 9.19. The van der Waals surface area contributed by atoms with E-state index in [1.165, 1.54) is 36.6 Å². The third-order valence-corrected chi connectivity index (χ3v) is 9.26. The standard InChI is InChI=1S/C21H26FN3O5S2/c1-15-6-9-18(13-20(15)32(29,30)24(2)3)23-21(26)16-5-4-12-25(14-16)31(27,28)19-10-7-17(22)8-11-19/h6-11,13,16H,4-5,12,14H2,1-3H3,(H,23,26). The molecule has 1 amide bonds. The van der Waals surface area contributed by atoms with Gasteiger partial charge >= 0.3 is 0 Å². The maximum absolute atomic E-state index is 13.2. The molecule has 174 valence electrons. The van der Waals surface area contributed by atoms with Crippen molar-refractivity contribution in [1.29, 1.82) is 0 Å². The number of benzene rings is 2. The Morgan fingerprint density at radius 3 is 2.38 bits per heavy atom. The van der Waals surface area contributed by atoms with Crippen LogP contribution in [0.1, 0.15) is 18.4 Å². The minimum atomic E-state index is -3.86. The van der Waals surface area contributed by atoms with Crippen LogP contribution in [-0.2, 0) is 24.8 Å². The molecule has 0 saturated carbocycles. The summed E-state index contributed by atoms with van der Waals surface area (Å²) >= 11 is 0. The Morgan fingerprint density at radius 1 is 1.09 bits per heavy atom. The van der Waals surface area contributed by atoms with Crippen LogP contribution in [0.2, 0.25) is 0 Å². The minimum Gasteiger partial charge on any atom is -0.326 e. The molecule has 8 nitrogen and oxygen atoms in total. The number of carbonyl (C=O) groups is 1. The summed E-state index contributed by atoms with van der Waals surface area (Å²) in [5.74, 6) is -1.52. The van der Waals surface area contributed by atoms with E-state index in [2.05, 4.69) is 5.32 Å². The molecule has 11 heteroatoms. The first-order chi connectivity index (χ1) is 14.9. The normalized spacial score (nSPS) is 18.0. The van der Waals surface area contributed by atoms with Gasteiger partial charge in [-0.15, -0.1) is 0 Å². The molecule has 1 N–H and O–H groups in total. The molecule has 1 atom stereocenters. The summed E-state index contributed by atoms with van der Waals surface area (Å²) in [6.45, 7) is 1.92. The Bertz CT molecular complexity index is 1210. The zero-order chi connectivity index (χ0) is 23.7. The number of rotatable bonds is 6. The summed E-state index contributed by atoms with van der Waals surface area (Å²) in [5.41, 5.74) is 0.866. The van der Waals surface area contributed by atoms with Gasteiger partial charge in [-0.05, 0) is 61.7 Å². The monoisotopic (exact) mass is 483 g/mol. The van der Waals surface area contributed by atoms with Crippen LogP contribution in [-0.4, -0.2) is 58.5 Å². The van der Waals surface area contributed by atoms with Crippen LogP contribution in [0.15, 0.2) is 52.3 Å². The van der Waals surface area contributed by atoms with E-state index in [-0.39, 0.29) is 28.8 Å². The predicted octanol–water partition coefficient (Wildman–Crippen LogP) is 2.42. The van der Waals surface area contributed by atoms with Crippen molar-refractivity contribution >= 4 is 31.6 Å². The van der Waals surface area contributed by atoms with Crippen molar-refractivity contribution in [2.45, 2.75) is 29.6 Å². The van der Waals surface area contributed by atoms with Gasteiger partial charge in [-0.3, -0.25) is 4.79 Å². The first kappa shape index (κ1) is 24.3. The second-order valence-corrected chi connectivity index (χ2v) is 12.0. The van der Waals surface area contributed by atoms with Gasteiger partial charge in [0.05, 0.1) is 15.7 Å². The Hall–Kier alpha value is -2.34. The van der Waals surface area contributed by atoms with Gasteiger partial charge in [-0.25, -0.2) is 25.5 Å². The Balaban J connectivity index is 1.77. The van der Waals surface area contributed by atoms with Crippen molar-refractivity contribution < 1.29 is 26.0 Å². The highest BCUT2D eigenvalue weighted by Crippen LogP contribution is 2.26. The van der Waals surface area contributed by atoms with E-state index in [1.807, 2.05) is 0 Å². The molecule has 0 bridgehead atoms. The molecule has 0 spiro atoms. The Labute approximate surface area is 188 Å². The molecule has 0 aliphatic carbocycles. The van der Waals surface area contributed by atoms with Gasteiger partial charge in [0.15, 0.2) is 0 Å². The van der Waals surface area contributed by atoms with E-state index in [0.29, 0.717) is 24.1 Å². The summed E-state index contributed by atoms with van der Waals surface area (Å²) in [5, 5.41) is 2.72. The lowest BCUT2D eigenvalue weighted by molar-refractivity contribution is -0.120. The van der Waals surface area contributed by atoms with Gasteiger partial charge in [0.25, 0.3) is 0 Å². The highest BCUT2D eigenvalue weighted by molar-refractivity contribution is 7.89. The van der Waals surface area contributed by atoms with Crippen molar-refractivity contribution in [3.63, 3.8) is 0 Å². The van der Waals surface area contributed by atoms with E-state index >= 15 is 0 Å². The average molecular weight is 484 g/mol. The number of carbonyl (C=O) groups excluding carboxylic acids is 1. The van der Waals surface area contributed by atoms with Crippen LogP contribution < -0.4 is 5.32 Å². The molecule has 0 aromatic heterocycles. The lowest BCUT2D eigenvalue weighted by Gasteiger charge is -2.31. The molecule has 2 aromatic rings. The molecule has 32 heavy (non-hydrogen) atoms. The van der Waals surface area contributed by atoms with Crippen molar-refractivity contribution in [2.75, 3.05) is 32.5 Å². The van der Waals surface area contributed by atoms with Crippen LogP contribution in [0.3, 0.4) is 0 Å². The third-order valence-electron chi connectivity index (χ3n) is 5.42. The van der Waals surface area contributed by atoms with Crippen molar-refractivity contribution in [1.82, 2.24) is 8.61 Å². The number of piperidine rings is 1. The Kier molecular flexibility index (Phi) is 7.03. The fourth-order valence-corrected chi connectivity index (χ4v) is 6.20. The number of sulfonamides is 2. The minimum absolute atomic E-state index is 0.0136. The molecule has 1 saturated heterocycles. The van der Waals surface area contributed by atoms with Crippen LogP contribution in [0.4, 0.5) is 10.1 Å². The van der Waals surface area contributed by atoms with Crippen LogP contribution in [0.5, 0.6) is 0 Å². The summed E-state index contributed by atoms with van der Waals surface area (Å²) in [7, 11) is -4.68. The molecular formula is C21H26FN3O5S2. The Morgan fingerprint density at radius 2 is 1.75 bits per heavy atom. The largest absolute Gasteiger partial charge is 0.326 e. The highest BCUT2D eigenvalue weighted by atomic mass is 32.2. The van der Waals surface area contributed by atoms with Gasteiger partial charge in [-0.1, -0.05) is 6.07 Å². The number of halogens is 1. The van der Waals surface area contributed by atoms with Gasteiger partial charge in [0, 0.05) is 32.9 Å². The number of nitrogens with one attached hydrogen (secondary N) is 1. The number of nitrogens with zero attached hydrogens (tertiary/aromatic N) is 2. The van der Waals surface area contributed by atoms with Crippen molar-refractivity contribution in [3.8, 4) is 0 Å². The summed E-state index contributed by atoms with van der Waals surface area (Å²) < 4.78 is 66.3. The maximum atomic E-state index is 13.2. The van der Waals surface area contributed by atoms with E-state index < -0.39 is 31.8 Å². The fraction of sp³-hybridized carbons (Fsp3) is 0.381. The first-order valence-corrected chi connectivity index (χ1v) is 12.9. The number of amides is 1. The SMILES string of the molecule is Cc1ccc(NC(=O)C2CCCN(S(=O)(=O)c3ccc(F)cc3)C2)cc1S(=O)(=O)N(C)C. The van der Waals surface area contributed by atoms with E-state index in [4.69, 9.17) is 0 Å². The van der Waals surface area contributed by atoms with Crippen LogP contribution >= 0.6 is 0 Å². The summed E-state index contributed by atoms with van der Waals surface area (Å²) in [4.78, 5) is 12.9. The second-order valence-electron chi connectivity index (χ2n) is 7.91. The summed E-state index contributed by atoms with van der Waals surface area (Å²) in [6.07, 6.45) is 0.989. The smallest absolute Gasteiger partial charge is 0.243 e. The fourth-order valence-electron chi connectivity index (χ4n) is 3.53. The molecule has 1 unspecified atom stereocenters. The van der Waals surface area contributed by atoms with Crippen molar-refractivity contribution in [3.05, 3.63) is 53.8 Å². The topological polar surface area (TPSA) is 104 Å². The number of aryl methyl sites for hydroxylation is 1. The molecule has 3 rings (SSSR count). The second kappa shape index (κ2) is 9.26. The highest BCUT2D eigenvalue weighted by Gasteiger charge is 2.33. The molecule has 1 aliphatic rings. The predicted molar refractivity (Wildman–Crippen MR) is 119 cm³/mol. The van der Waals surface area contributed by atoms with Crippen molar-refractivity contribution in [2.24, 2.45) is 5.92 Å². The number of hydrogen-bond donors (Lipinski definition) is 1. The van der Waals surface area contributed by atoms with E-state index in [1.54, 1.807) is 19.1 Å². The molecule has 2 aromatic carbocycles. The van der Waals surface area contributed by atoms with E-state index in [9.17, 15) is 26.0 Å². The number of anilines is 1. The third kappa shape index (κ3) is 5.01. The van der Waals surface area contributed by atoms with Crippen LogP contribution in [0, 0.1) is 18.7 Å². The van der Waals surface area contributed by atoms with Crippen LogP contribution in [0.25, 0.3) is 0 Å². The zero-order valence-corrected chi connectivity index (χ0v) is 19.7. The average Bonchev–Trinajstić information content (AvgIpc) is 2.75.